The van der Waals surface area contributed by atoms with Crippen molar-refractivity contribution in [3.8, 4) is 0 Å². The molecule has 4 nitrogen and oxygen atoms in total. The van der Waals surface area contributed by atoms with Crippen LogP contribution in [0.25, 0.3) is 11.0 Å². The van der Waals surface area contributed by atoms with E-state index in [1.165, 1.54) is 12.1 Å². The van der Waals surface area contributed by atoms with Gasteiger partial charge in [0.15, 0.2) is 0 Å². The van der Waals surface area contributed by atoms with E-state index in [1.54, 1.807) is 13.0 Å². The van der Waals surface area contributed by atoms with Crippen LogP contribution in [0.5, 0.6) is 0 Å². The number of rotatable bonds is 3. The van der Waals surface area contributed by atoms with E-state index >= 15 is 0 Å². The summed E-state index contributed by atoms with van der Waals surface area (Å²) in [4.78, 5) is 4.35. The largest absolute Gasteiger partial charge is 0.391 e. The van der Waals surface area contributed by atoms with Gasteiger partial charge in [0.1, 0.15) is 11.6 Å². The van der Waals surface area contributed by atoms with Gasteiger partial charge < -0.3 is 15.4 Å². The average Bonchev–Trinajstić information content (AvgIpc) is 2.65. The molecule has 1 aromatic carbocycles. The van der Waals surface area contributed by atoms with Crippen molar-refractivity contribution in [2.24, 2.45) is 5.73 Å². The molecule has 0 saturated carbocycles. The first-order valence-corrected chi connectivity index (χ1v) is 6.03. The summed E-state index contributed by atoms with van der Waals surface area (Å²) in [6, 6.07) is 4.03. The Hall–Kier alpha value is -1.46. The highest BCUT2D eigenvalue weighted by Gasteiger charge is 2.22. The van der Waals surface area contributed by atoms with Crippen LogP contribution >= 0.6 is 0 Å². The molecule has 1 aromatic heterocycles. The van der Waals surface area contributed by atoms with Crippen LogP contribution < -0.4 is 5.73 Å². The van der Waals surface area contributed by atoms with Crippen molar-refractivity contribution in [3.63, 3.8) is 0 Å². The monoisotopic (exact) mass is 251 g/mol. The number of aromatic nitrogens is 2. The molecule has 2 rings (SSSR count). The number of hydrogen-bond donors (Lipinski definition) is 2. The molecule has 0 fully saturated rings. The highest BCUT2D eigenvalue weighted by atomic mass is 19.1. The van der Waals surface area contributed by atoms with Crippen molar-refractivity contribution in [3.05, 3.63) is 29.8 Å². The van der Waals surface area contributed by atoms with Gasteiger partial charge in [0, 0.05) is 12.1 Å². The average molecular weight is 251 g/mol. The van der Waals surface area contributed by atoms with Gasteiger partial charge in [-0.25, -0.2) is 9.37 Å². The number of benzene rings is 1. The normalized spacial score (nSPS) is 15.3. The zero-order valence-electron chi connectivity index (χ0n) is 10.8. The molecule has 0 spiro atoms. The van der Waals surface area contributed by atoms with Crippen LogP contribution in [0.3, 0.4) is 0 Å². The van der Waals surface area contributed by atoms with E-state index in [2.05, 4.69) is 4.98 Å². The predicted octanol–water partition coefficient (Wildman–Crippen LogP) is 2.14. The molecule has 2 unspecified atom stereocenters. The highest BCUT2D eigenvalue weighted by Crippen LogP contribution is 2.25. The molecule has 0 aliphatic heterocycles. The second kappa shape index (κ2) is 4.66. The predicted molar refractivity (Wildman–Crippen MR) is 68.7 cm³/mol. The fraction of sp³-hybridized carbons (Fsp3) is 0.462. The highest BCUT2D eigenvalue weighted by molar-refractivity contribution is 5.76. The second-order valence-corrected chi connectivity index (χ2v) is 4.83. The SMILES string of the molecule is CC(O)C(N)c1nc2cc(F)ccc2n1C(C)C. The third-order valence-electron chi connectivity index (χ3n) is 3.01. The molecule has 0 radical (unpaired) electrons. The van der Waals surface area contributed by atoms with Crippen molar-refractivity contribution < 1.29 is 9.50 Å². The molecule has 98 valence electrons. The van der Waals surface area contributed by atoms with E-state index in [1.807, 2.05) is 18.4 Å². The van der Waals surface area contributed by atoms with Gasteiger partial charge in [-0.2, -0.15) is 0 Å². The minimum atomic E-state index is -0.704. The summed E-state index contributed by atoms with van der Waals surface area (Å²) >= 11 is 0. The van der Waals surface area contributed by atoms with Crippen LogP contribution in [-0.2, 0) is 0 Å². The van der Waals surface area contributed by atoms with Crippen LogP contribution in [0.15, 0.2) is 18.2 Å². The number of aliphatic hydroxyl groups excluding tert-OH is 1. The molecule has 0 saturated heterocycles. The minimum absolute atomic E-state index is 0.139. The summed E-state index contributed by atoms with van der Waals surface area (Å²) < 4.78 is 15.1. The van der Waals surface area contributed by atoms with Crippen molar-refractivity contribution in [1.82, 2.24) is 9.55 Å². The third kappa shape index (κ3) is 2.11. The van der Waals surface area contributed by atoms with Crippen LogP contribution in [0, 0.1) is 5.82 Å². The summed E-state index contributed by atoms with van der Waals surface area (Å²) in [7, 11) is 0. The lowest BCUT2D eigenvalue weighted by Crippen LogP contribution is -2.27. The smallest absolute Gasteiger partial charge is 0.129 e. The lowest BCUT2D eigenvalue weighted by molar-refractivity contribution is 0.158. The fourth-order valence-electron chi connectivity index (χ4n) is 2.08. The van der Waals surface area contributed by atoms with E-state index in [9.17, 15) is 9.50 Å². The van der Waals surface area contributed by atoms with Gasteiger partial charge in [0.2, 0.25) is 0 Å². The van der Waals surface area contributed by atoms with Gasteiger partial charge in [0.25, 0.3) is 0 Å². The molecule has 3 N–H and O–H groups in total. The Labute approximate surface area is 105 Å². The van der Waals surface area contributed by atoms with E-state index < -0.39 is 12.1 Å². The summed E-state index contributed by atoms with van der Waals surface area (Å²) in [6.07, 6.45) is -0.704. The van der Waals surface area contributed by atoms with Gasteiger partial charge in [-0.05, 0) is 32.9 Å². The number of halogens is 1. The minimum Gasteiger partial charge on any atom is -0.391 e. The van der Waals surface area contributed by atoms with Gasteiger partial charge in [-0.15, -0.1) is 0 Å². The number of aliphatic hydroxyl groups is 1. The maximum Gasteiger partial charge on any atom is 0.129 e. The molecule has 2 aromatic rings. The van der Waals surface area contributed by atoms with Crippen LogP contribution in [-0.4, -0.2) is 20.8 Å². The molecule has 1 heterocycles. The Morgan fingerprint density at radius 2 is 2.00 bits per heavy atom. The molecule has 0 amide bonds. The Bertz CT molecular complexity index is 563. The first kappa shape index (κ1) is 13.0. The van der Waals surface area contributed by atoms with Crippen molar-refractivity contribution >= 4 is 11.0 Å². The van der Waals surface area contributed by atoms with E-state index in [-0.39, 0.29) is 11.9 Å². The van der Waals surface area contributed by atoms with Gasteiger partial charge >= 0.3 is 0 Å². The van der Waals surface area contributed by atoms with Gasteiger partial charge in [-0.3, -0.25) is 0 Å². The maximum absolute atomic E-state index is 13.2. The Morgan fingerprint density at radius 1 is 1.33 bits per heavy atom. The van der Waals surface area contributed by atoms with E-state index in [0.29, 0.717) is 11.3 Å². The Morgan fingerprint density at radius 3 is 2.56 bits per heavy atom. The van der Waals surface area contributed by atoms with Crippen LogP contribution in [0.1, 0.15) is 38.7 Å². The maximum atomic E-state index is 13.2. The van der Waals surface area contributed by atoms with Crippen LogP contribution in [0.2, 0.25) is 0 Å². The fourth-order valence-corrected chi connectivity index (χ4v) is 2.08. The molecular weight excluding hydrogens is 233 g/mol. The zero-order valence-corrected chi connectivity index (χ0v) is 10.8. The van der Waals surface area contributed by atoms with Crippen molar-refractivity contribution in [1.29, 1.82) is 0 Å². The van der Waals surface area contributed by atoms with Crippen molar-refractivity contribution in [2.45, 2.75) is 39.0 Å². The Kier molecular flexibility index (Phi) is 3.36. The molecule has 0 bridgehead atoms. The van der Waals surface area contributed by atoms with Crippen molar-refractivity contribution in [2.75, 3.05) is 0 Å². The van der Waals surface area contributed by atoms with E-state index in [0.717, 1.165) is 5.52 Å². The van der Waals surface area contributed by atoms with Gasteiger partial charge in [0.05, 0.1) is 23.2 Å². The summed E-state index contributed by atoms with van der Waals surface area (Å²) in [5.74, 6) is 0.258. The number of hydrogen-bond acceptors (Lipinski definition) is 3. The summed E-state index contributed by atoms with van der Waals surface area (Å²) in [6.45, 7) is 5.63. The standard InChI is InChI=1S/C13H18FN3O/c1-7(2)17-11-5-4-9(14)6-10(11)16-13(17)12(15)8(3)18/h4-8,12,18H,15H2,1-3H3. The number of nitrogens with zero attached hydrogens (tertiary/aromatic N) is 2. The Balaban J connectivity index is 2.68. The molecule has 0 aliphatic carbocycles. The summed E-state index contributed by atoms with van der Waals surface area (Å²) in [5.41, 5.74) is 7.35. The second-order valence-electron chi connectivity index (χ2n) is 4.83. The third-order valence-corrected chi connectivity index (χ3v) is 3.01. The first-order chi connectivity index (χ1) is 8.41. The number of fused-ring (bicyclic) bond motifs is 1. The van der Waals surface area contributed by atoms with Crippen LogP contribution in [0.4, 0.5) is 4.39 Å². The molecule has 5 heteroatoms. The number of nitrogens with two attached hydrogens (primary N) is 1. The lowest BCUT2D eigenvalue weighted by atomic mass is 10.2. The van der Waals surface area contributed by atoms with E-state index in [4.69, 9.17) is 5.73 Å². The molecule has 0 aliphatic rings. The van der Waals surface area contributed by atoms with Gasteiger partial charge in [-0.1, -0.05) is 0 Å². The topological polar surface area (TPSA) is 64.1 Å². The lowest BCUT2D eigenvalue weighted by Gasteiger charge is -2.19. The number of imidazole rings is 1. The molecule has 18 heavy (non-hydrogen) atoms. The summed E-state index contributed by atoms with van der Waals surface area (Å²) in [5, 5.41) is 9.61. The quantitative estimate of drug-likeness (QED) is 0.878. The molecular formula is C13H18FN3O. The first-order valence-electron chi connectivity index (χ1n) is 6.03. The zero-order chi connectivity index (χ0) is 13.4. The molecule has 2 atom stereocenters.